The molecule has 0 unspecified atom stereocenters. The molecule has 0 bridgehead atoms. The van der Waals surface area contributed by atoms with Gasteiger partial charge in [-0.15, -0.1) is 0 Å². The standard InChI is InChI=1S/C8H12N2.C2H6/c1-5-7-9-8(3)10(4)6-2;1-2/h5-7H,1-3H2,4H3;1-2H3/b9-7-;. The fourth-order valence-electron chi connectivity index (χ4n) is 0.335. The molecule has 0 saturated heterocycles. The molecule has 0 aliphatic carbocycles. The zero-order chi connectivity index (χ0) is 9.98. The molecule has 0 heterocycles. The first kappa shape index (κ1) is 13.3. The zero-order valence-electron chi connectivity index (χ0n) is 8.25. The van der Waals surface area contributed by atoms with Crippen molar-refractivity contribution in [1.29, 1.82) is 0 Å². The molecule has 0 aromatic heterocycles. The van der Waals surface area contributed by atoms with Crippen molar-refractivity contribution < 1.29 is 0 Å². The highest BCUT2D eigenvalue weighted by molar-refractivity contribution is 5.71. The number of rotatable bonds is 4. The monoisotopic (exact) mass is 166 g/mol. The molecule has 0 rings (SSSR count). The van der Waals surface area contributed by atoms with Gasteiger partial charge >= 0.3 is 0 Å². The van der Waals surface area contributed by atoms with Crippen LogP contribution in [0.4, 0.5) is 0 Å². The number of nitrogens with zero attached hydrogens (tertiary/aromatic N) is 2. The third kappa shape index (κ3) is 6.81. The predicted molar refractivity (Wildman–Crippen MR) is 57.1 cm³/mol. The lowest BCUT2D eigenvalue weighted by Gasteiger charge is -2.10. The van der Waals surface area contributed by atoms with Crippen molar-refractivity contribution in [3.8, 4) is 0 Å². The van der Waals surface area contributed by atoms with Crippen molar-refractivity contribution in [3.05, 3.63) is 37.8 Å². The first-order valence-corrected chi connectivity index (χ1v) is 3.91. The van der Waals surface area contributed by atoms with Crippen LogP contribution in [0.5, 0.6) is 0 Å². The van der Waals surface area contributed by atoms with Crippen LogP contribution in [-0.4, -0.2) is 18.2 Å². The summed E-state index contributed by atoms with van der Waals surface area (Å²) in [6.45, 7) is 14.7. The molecule has 0 aromatic rings. The summed E-state index contributed by atoms with van der Waals surface area (Å²) in [6.07, 6.45) is 4.83. The van der Waals surface area contributed by atoms with E-state index in [1.165, 1.54) is 0 Å². The molecular formula is C10H18N2. The molecule has 0 spiro atoms. The summed E-state index contributed by atoms with van der Waals surface area (Å²) >= 11 is 0. The lowest BCUT2D eigenvalue weighted by molar-refractivity contribution is 0.568. The SMILES string of the molecule is C=C/C=N\C(=C)N(C)C=C.CC. The average molecular weight is 166 g/mol. The molecule has 0 radical (unpaired) electrons. The predicted octanol–water partition coefficient (Wildman–Crippen LogP) is 2.82. The highest BCUT2D eigenvalue weighted by atomic mass is 15.2. The minimum atomic E-state index is 0.648. The van der Waals surface area contributed by atoms with Gasteiger partial charge in [-0.05, 0) is 6.20 Å². The van der Waals surface area contributed by atoms with Crippen LogP contribution in [0.3, 0.4) is 0 Å². The molecule has 68 valence electrons. The van der Waals surface area contributed by atoms with Gasteiger partial charge in [0.15, 0.2) is 0 Å². The molecular weight excluding hydrogens is 148 g/mol. The summed E-state index contributed by atoms with van der Waals surface area (Å²) in [5.74, 6) is 0.648. The molecule has 0 atom stereocenters. The highest BCUT2D eigenvalue weighted by Crippen LogP contribution is 1.97. The molecule has 2 heteroatoms. The van der Waals surface area contributed by atoms with E-state index in [1.54, 1.807) is 23.4 Å². The largest absolute Gasteiger partial charge is 0.337 e. The van der Waals surface area contributed by atoms with Gasteiger partial charge in [0.2, 0.25) is 0 Å². The summed E-state index contributed by atoms with van der Waals surface area (Å²) in [5, 5.41) is 0. The fourth-order valence-corrected chi connectivity index (χ4v) is 0.335. The number of allylic oxidation sites excluding steroid dienone is 1. The van der Waals surface area contributed by atoms with Crippen LogP contribution in [0.15, 0.2) is 42.8 Å². The van der Waals surface area contributed by atoms with Crippen LogP contribution in [-0.2, 0) is 0 Å². The molecule has 0 amide bonds. The maximum Gasteiger partial charge on any atom is 0.124 e. The second kappa shape index (κ2) is 9.69. The molecule has 0 aliphatic rings. The first-order valence-electron chi connectivity index (χ1n) is 3.91. The van der Waals surface area contributed by atoms with Gasteiger partial charge < -0.3 is 4.90 Å². The summed E-state index contributed by atoms with van der Waals surface area (Å²) < 4.78 is 0. The van der Waals surface area contributed by atoms with Crippen molar-refractivity contribution in [2.45, 2.75) is 13.8 Å². The van der Waals surface area contributed by atoms with E-state index < -0.39 is 0 Å². The van der Waals surface area contributed by atoms with Gasteiger partial charge in [-0.3, -0.25) is 0 Å². The molecule has 12 heavy (non-hydrogen) atoms. The average Bonchev–Trinajstić information content (AvgIpc) is 2.16. The number of hydrogen-bond donors (Lipinski definition) is 0. The normalized spacial score (nSPS) is 8.25. The van der Waals surface area contributed by atoms with E-state index in [0.29, 0.717) is 5.82 Å². The van der Waals surface area contributed by atoms with Crippen LogP contribution in [0, 0.1) is 0 Å². The van der Waals surface area contributed by atoms with Gasteiger partial charge in [-0.2, -0.15) is 0 Å². The maximum atomic E-state index is 3.93. The van der Waals surface area contributed by atoms with E-state index in [9.17, 15) is 0 Å². The van der Waals surface area contributed by atoms with Crippen LogP contribution >= 0.6 is 0 Å². The minimum Gasteiger partial charge on any atom is -0.337 e. The van der Waals surface area contributed by atoms with Crippen LogP contribution in [0.25, 0.3) is 0 Å². The van der Waals surface area contributed by atoms with Gasteiger partial charge in [0.25, 0.3) is 0 Å². The molecule has 0 aromatic carbocycles. The second-order valence-corrected chi connectivity index (χ2v) is 1.72. The summed E-state index contributed by atoms with van der Waals surface area (Å²) in [6, 6.07) is 0. The molecule has 0 N–H and O–H groups in total. The Labute approximate surface area is 75.6 Å². The first-order chi connectivity index (χ1) is 5.72. The van der Waals surface area contributed by atoms with E-state index in [2.05, 4.69) is 24.7 Å². The van der Waals surface area contributed by atoms with Gasteiger partial charge in [0.1, 0.15) is 5.82 Å². The van der Waals surface area contributed by atoms with Crippen LogP contribution < -0.4 is 0 Å². The smallest absolute Gasteiger partial charge is 0.124 e. The molecule has 0 saturated carbocycles. The molecule has 2 nitrogen and oxygen atoms in total. The fraction of sp³-hybridized carbons (Fsp3) is 0.300. The van der Waals surface area contributed by atoms with Crippen molar-refractivity contribution in [2.24, 2.45) is 4.99 Å². The van der Waals surface area contributed by atoms with E-state index in [4.69, 9.17) is 0 Å². The Balaban J connectivity index is 0. The summed E-state index contributed by atoms with van der Waals surface area (Å²) in [4.78, 5) is 5.65. The topological polar surface area (TPSA) is 15.6 Å². The second-order valence-electron chi connectivity index (χ2n) is 1.72. The minimum absolute atomic E-state index is 0.648. The highest BCUT2D eigenvalue weighted by Gasteiger charge is 1.89. The Morgan fingerprint density at radius 1 is 1.33 bits per heavy atom. The summed E-state index contributed by atoms with van der Waals surface area (Å²) in [7, 11) is 1.83. The van der Waals surface area contributed by atoms with E-state index in [-0.39, 0.29) is 0 Å². The number of hydrogen-bond acceptors (Lipinski definition) is 2. The third-order valence-corrected chi connectivity index (χ3v) is 1.01. The van der Waals surface area contributed by atoms with Crippen LogP contribution in [0.1, 0.15) is 13.8 Å². The van der Waals surface area contributed by atoms with Crippen molar-refractivity contribution in [3.63, 3.8) is 0 Å². The van der Waals surface area contributed by atoms with E-state index in [1.807, 2.05) is 20.9 Å². The molecule has 0 aliphatic heterocycles. The Morgan fingerprint density at radius 3 is 2.17 bits per heavy atom. The Morgan fingerprint density at radius 2 is 1.83 bits per heavy atom. The van der Waals surface area contributed by atoms with Gasteiger partial charge in [0.05, 0.1) is 0 Å². The Kier molecular flexibility index (Phi) is 10.7. The van der Waals surface area contributed by atoms with Gasteiger partial charge in [-0.25, -0.2) is 4.99 Å². The van der Waals surface area contributed by atoms with Crippen LogP contribution in [0.2, 0.25) is 0 Å². The maximum absolute atomic E-state index is 3.93. The zero-order valence-corrected chi connectivity index (χ0v) is 8.25. The Hall–Kier alpha value is -1.31. The van der Waals surface area contributed by atoms with Gasteiger partial charge in [-0.1, -0.05) is 39.7 Å². The third-order valence-electron chi connectivity index (χ3n) is 1.01. The lowest BCUT2D eigenvalue weighted by atomic mass is 10.6. The lowest BCUT2D eigenvalue weighted by Crippen LogP contribution is -2.05. The van der Waals surface area contributed by atoms with Gasteiger partial charge in [0, 0.05) is 13.3 Å². The van der Waals surface area contributed by atoms with Crippen molar-refractivity contribution >= 4 is 6.21 Å². The van der Waals surface area contributed by atoms with Crippen molar-refractivity contribution in [1.82, 2.24) is 4.90 Å². The Bertz CT molecular complexity index is 169. The van der Waals surface area contributed by atoms with Crippen molar-refractivity contribution in [2.75, 3.05) is 7.05 Å². The molecule has 0 fully saturated rings. The number of aliphatic imine (C=N–C) groups is 1. The quantitative estimate of drug-likeness (QED) is 0.586. The van der Waals surface area contributed by atoms with E-state index >= 15 is 0 Å². The summed E-state index contributed by atoms with van der Waals surface area (Å²) in [5.41, 5.74) is 0. The van der Waals surface area contributed by atoms with E-state index in [0.717, 1.165) is 0 Å².